The number of nitrogens with zero attached hydrogens (tertiary/aromatic N) is 4. The molecule has 0 aliphatic carbocycles. The van der Waals surface area contributed by atoms with Gasteiger partial charge in [0.15, 0.2) is 5.82 Å². The van der Waals surface area contributed by atoms with E-state index >= 15 is 0 Å². The molecule has 2 aliphatic heterocycles. The van der Waals surface area contributed by atoms with E-state index in [0.717, 1.165) is 31.9 Å². The highest BCUT2D eigenvalue weighted by molar-refractivity contribution is 5.78. The Morgan fingerprint density at radius 1 is 1.26 bits per heavy atom. The van der Waals surface area contributed by atoms with E-state index in [1.54, 1.807) is 12.4 Å². The van der Waals surface area contributed by atoms with Gasteiger partial charge in [-0.15, -0.1) is 0 Å². The third kappa shape index (κ3) is 3.72. The molecule has 1 unspecified atom stereocenters. The van der Waals surface area contributed by atoms with Crippen molar-refractivity contribution in [2.45, 2.75) is 26.4 Å². The average molecular weight is 320 g/mol. The van der Waals surface area contributed by atoms with Crippen molar-refractivity contribution in [3.05, 3.63) is 12.4 Å². The molecule has 126 valence electrons. The van der Waals surface area contributed by atoms with E-state index in [4.69, 9.17) is 9.47 Å². The van der Waals surface area contributed by atoms with Crippen LogP contribution in [0, 0.1) is 5.92 Å². The molecule has 3 rings (SSSR count). The third-order valence-electron chi connectivity index (χ3n) is 4.19. The number of morpholine rings is 1. The highest BCUT2D eigenvalue weighted by Crippen LogP contribution is 2.26. The van der Waals surface area contributed by atoms with Crippen LogP contribution in [0.1, 0.15) is 20.3 Å². The molecule has 23 heavy (non-hydrogen) atoms. The van der Waals surface area contributed by atoms with Crippen LogP contribution in [-0.4, -0.2) is 66.3 Å². The van der Waals surface area contributed by atoms with E-state index in [1.165, 1.54) is 0 Å². The fraction of sp³-hybridized carbons (Fsp3) is 0.688. The maximum atomic E-state index is 12.1. The third-order valence-corrected chi connectivity index (χ3v) is 4.19. The molecule has 2 aliphatic rings. The van der Waals surface area contributed by atoms with Crippen molar-refractivity contribution in [1.29, 1.82) is 0 Å². The number of amides is 1. The average Bonchev–Trinajstić information content (AvgIpc) is 3.04. The van der Waals surface area contributed by atoms with Gasteiger partial charge in [0.2, 0.25) is 5.91 Å². The zero-order valence-corrected chi connectivity index (χ0v) is 13.8. The largest absolute Gasteiger partial charge is 0.470 e. The van der Waals surface area contributed by atoms with Crippen molar-refractivity contribution in [1.82, 2.24) is 14.9 Å². The molecule has 1 atom stereocenters. The van der Waals surface area contributed by atoms with Crippen molar-refractivity contribution in [3.8, 4) is 5.88 Å². The zero-order valence-electron chi connectivity index (χ0n) is 13.8. The minimum atomic E-state index is -0.0193. The van der Waals surface area contributed by atoms with Crippen molar-refractivity contribution in [3.63, 3.8) is 0 Å². The minimum absolute atomic E-state index is 0.0193. The maximum Gasteiger partial charge on any atom is 0.257 e. The van der Waals surface area contributed by atoms with Crippen LogP contribution < -0.4 is 9.64 Å². The highest BCUT2D eigenvalue weighted by Gasteiger charge is 2.30. The van der Waals surface area contributed by atoms with E-state index in [9.17, 15) is 4.79 Å². The van der Waals surface area contributed by atoms with Crippen LogP contribution in [0.5, 0.6) is 5.88 Å². The van der Waals surface area contributed by atoms with Crippen molar-refractivity contribution >= 4 is 11.7 Å². The van der Waals surface area contributed by atoms with E-state index < -0.39 is 0 Å². The second kappa shape index (κ2) is 7.12. The first-order valence-electron chi connectivity index (χ1n) is 8.24. The summed E-state index contributed by atoms with van der Waals surface area (Å²) in [5.41, 5.74) is 0. The number of aromatic nitrogens is 2. The first-order valence-corrected chi connectivity index (χ1v) is 8.24. The maximum absolute atomic E-state index is 12.1. The molecule has 3 heterocycles. The summed E-state index contributed by atoms with van der Waals surface area (Å²) >= 11 is 0. The fourth-order valence-electron chi connectivity index (χ4n) is 2.94. The second-order valence-electron chi connectivity index (χ2n) is 6.25. The lowest BCUT2D eigenvalue weighted by Gasteiger charge is -2.29. The number of hydrogen-bond donors (Lipinski definition) is 0. The predicted octanol–water partition coefficient (Wildman–Crippen LogP) is 0.949. The summed E-state index contributed by atoms with van der Waals surface area (Å²) in [5, 5.41) is 0. The van der Waals surface area contributed by atoms with Crippen molar-refractivity contribution < 1.29 is 14.3 Å². The number of anilines is 1. The lowest BCUT2D eigenvalue weighted by Crippen LogP contribution is -2.37. The molecule has 7 nitrogen and oxygen atoms in total. The van der Waals surface area contributed by atoms with Crippen LogP contribution in [0.2, 0.25) is 0 Å². The summed E-state index contributed by atoms with van der Waals surface area (Å²) in [6.07, 6.45) is 4.14. The SMILES string of the molecule is CC(C)C(=O)N1CCC(Oc2nccnc2N2CCOCC2)C1. The number of carbonyl (C=O) groups excluding carboxylic acids is 1. The van der Waals surface area contributed by atoms with Gasteiger partial charge in [0, 0.05) is 44.4 Å². The van der Waals surface area contributed by atoms with Crippen LogP contribution in [0.3, 0.4) is 0 Å². The second-order valence-corrected chi connectivity index (χ2v) is 6.25. The molecular weight excluding hydrogens is 296 g/mol. The molecule has 2 fully saturated rings. The smallest absolute Gasteiger partial charge is 0.257 e. The molecule has 2 saturated heterocycles. The number of ether oxygens (including phenoxy) is 2. The van der Waals surface area contributed by atoms with Gasteiger partial charge in [-0.1, -0.05) is 13.8 Å². The first kappa shape index (κ1) is 16.0. The van der Waals surface area contributed by atoms with Gasteiger partial charge in [-0.25, -0.2) is 9.97 Å². The Morgan fingerprint density at radius 2 is 2.00 bits per heavy atom. The van der Waals surface area contributed by atoms with Gasteiger partial charge in [-0.05, 0) is 0 Å². The highest BCUT2D eigenvalue weighted by atomic mass is 16.5. The van der Waals surface area contributed by atoms with Crippen LogP contribution in [0.4, 0.5) is 5.82 Å². The van der Waals surface area contributed by atoms with E-state index in [2.05, 4.69) is 14.9 Å². The van der Waals surface area contributed by atoms with Gasteiger partial charge < -0.3 is 19.3 Å². The standard InChI is InChI=1S/C16H24N4O3/c1-12(2)16(21)20-6-3-13(11-20)23-15-14(17-4-5-18-15)19-7-9-22-10-8-19/h4-5,12-13H,3,6-11H2,1-2H3. The monoisotopic (exact) mass is 320 g/mol. The van der Waals surface area contributed by atoms with Crippen LogP contribution >= 0.6 is 0 Å². The molecule has 7 heteroatoms. The molecule has 0 spiro atoms. The van der Waals surface area contributed by atoms with Crippen LogP contribution in [0.15, 0.2) is 12.4 Å². The van der Waals surface area contributed by atoms with Crippen molar-refractivity contribution in [2.75, 3.05) is 44.3 Å². The Kier molecular flexibility index (Phi) is 4.95. The molecule has 0 aromatic carbocycles. The normalized spacial score (nSPS) is 21.8. The Hall–Kier alpha value is -1.89. The summed E-state index contributed by atoms with van der Waals surface area (Å²) in [6, 6.07) is 0. The fourth-order valence-corrected chi connectivity index (χ4v) is 2.94. The van der Waals surface area contributed by atoms with Gasteiger partial charge in [-0.3, -0.25) is 4.79 Å². The predicted molar refractivity (Wildman–Crippen MR) is 85.5 cm³/mol. The molecule has 1 aromatic heterocycles. The molecule has 0 bridgehead atoms. The summed E-state index contributed by atoms with van der Waals surface area (Å²) in [5.74, 6) is 1.53. The van der Waals surface area contributed by atoms with Gasteiger partial charge in [0.1, 0.15) is 6.10 Å². The van der Waals surface area contributed by atoms with E-state index in [1.807, 2.05) is 18.7 Å². The zero-order chi connectivity index (χ0) is 16.2. The van der Waals surface area contributed by atoms with Gasteiger partial charge in [-0.2, -0.15) is 0 Å². The Labute approximate surface area is 136 Å². The summed E-state index contributed by atoms with van der Waals surface area (Å²) in [7, 11) is 0. The number of likely N-dealkylation sites (tertiary alicyclic amines) is 1. The number of carbonyl (C=O) groups is 1. The van der Waals surface area contributed by atoms with Crippen LogP contribution in [-0.2, 0) is 9.53 Å². The molecule has 0 N–H and O–H groups in total. The Morgan fingerprint density at radius 3 is 2.74 bits per heavy atom. The lowest BCUT2D eigenvalue weighted by molar-refractivity contribution is -0.133. The summed E-state index contributed by atoms with van der Waals surface area (Å²) < 4.78 is 11.5. The summed E-state index contributed by atoms with van der Waals surface area (Å²) in [4.78, 5) is 24.9. The van der Waals surface area contributed by atoms with E-state index in [0.29, 0.717) is 25.6 Å². The van der Waals surface area contributed by atoms with Gasteiger partial charge in [0.05, 0.1) is 19.8 Å². The first-order chi connectivity index (χ1) is 11.1. The van der Waals surface area contributed by atoms with Gasteiger partial charge >= 0.3 is 0 Å². The number of rotatable bonds is 4. The van der Waals surface area contributed by atoms with Crippen molar-refractivity contribution in [2.24, 2.45) is 5.92 Å². The molecule has 1 amide bonds. The quantitative estimate of drug-likeness (QED) is 0.823. The minimum Gasteiger partial charge on any atom is -0.470 e. The number of hydrogen-bond acceptors (Lipinski definition) is 6. The molecule has 1 aromatic rings. The summed E-state index contributed by atoms with van der Waals surface area (Å²) in [6.45, 7) is 8.18. The lowest BCUT2D eigenvalue weighted by atomic mass is 10.2. The van der Waals surface area contributed by atoms with Gasteiger partial charge in [0.25, 0.3) is 5.88 Å². The molecule has 0 radical (unpaired) electrons. The Balaban J connectivity index is 1.66. The van der Waals surface area contributed by atoms with E-state index in [-0.39, 0.29) is 17.9 Å². The molecule has 0 saturated carbocycles. The molecular formula is C16H24N4O3. The Bertz CT molecular complexity index is 546. The van der Waals surface area contributed by atoms with Crippen LogP contribution in [0.25, 0.3) is 0 Å². The topological polar surface area (TPSA) is 67.8 Å².